The molecule has 0 fully saturated rings. The summed E-state index contributed by atoms with van der Waals surface area (Å²) in [5.74, 6) is -1.79. The van der Waals surface area contributed by atoms with Crippen molar-refractivity contribution in [2.45, 2.75) is 24.4 Å². The topological polar surface area (TPSA) is 88.9 Å². The van der Waals surface area contributed by atoms with Gasteiger partial charge in [0.05, 0.1) is 34.1 Å². The van der Waals surface area contributed by atoms with Crippen LogP contribution in [-0.4, -0.2) is 32.3 Å². The van der Waals surface area contributed by atoms with Gasteiger partial charge in [-0.3, -0.25) is 9.59 Å². The molecular weight excluding hydrogens is 510 g/mol. The molecule has 0 bridgehead atoms. The Balaban J connectivity index is 1.65. The molecule has 0 unspecified atom stereocenters. The van der Waals surface area contributed by atoms with Gasteiger partial charge in [-0.1, -0.05) is 41.6 Å². The maximum Gasteiger partial charge on any atom is 0.416 e. The van der Waals surface area contributed by atoms with E-state index in [1.807, 2.05) is 0 Å². The van der Waals surface area contributed by atoms with Gasteiger partial charge in [-0.15, -0.1) is 16.8 Å². The number of thioether (sulfide) groups is 1. The summed E-state index contributed by atoms with van der Waals surface area (Å²) in [4.78, 5) is 24.6. The number of benzene rings is 2. The van der Waals surface area contributed by atoms with Gasteiger partial charge < -0.3 is 15.2 Å². The second-order valence-electron chi connectivity index (χ2n) is 6.99. The SMILES string of the molecule is C=CCn1c(CNC(=O)c2ccccc2F)nnc1SCC(=O)Nc1cc(C(F)(F)F)ccc1Cl. The lowest BCUT2D eigenvalue weighted by Crippen LogP contribution is -2.25. The number of allylic oxidation sites excluding steroid dienone is 1. The maximum atomic E-state index is 13.8. The number of alkyl halides is 3. The Morgan fingerprint density at radius 3 is 2.60 bits per heavy atom. The first-order valence-electron chi connectivity index (χ1n) is 9.95. The number of aromatic nitrogens is 3. The molecule has 13 heteroatoms. The minimum Gasteiger partial charge on any atom is -0.345 e. The fourth-order valence-corrected chi connectivity index (χ4v) is 3.81. The highest BCUT2D eigenvalue weighted by molar-refractivity contribution is 7.99. The van der Waals surface area contributed by atoms with E-state index in [0.717, 1.165) is 30.0 Å². The molecule has 0 saturated heterocycles. The van der Waals surface area contributed by atoms with Crippen molar-refractivity contribution < 1.29 is 27.2 Å². The second kappa shape index (κ2) is 11.4. The summed E-state index contributed by atoms with van der Waals surface area (Å²) in [6.07, 6.45) is -3.03. The van der Waals surface area contributed by atoms with Crippen LogP contribution in [0.4, 0.5) is 23.2 Å². The molecule has 2 amide bonds. The van der Waals surface area contributed by atoms with Crippen LogP contribution in [0.2, 0.25) is 5.02 Å². The molecule has 1 aromatic heterocycles. The van der Waals surface area contributed by atoms with E-state index in [0.29, 0.717) is 11.0 Å². The van der Waals surface area contributed by atoms with E-state index in [9.17, 15) is 27.2 Å². The Bertz CT molecular complexity index is 1250. The van der Waals surface area contributed by atoms with Crippen molar-refractivity contribution in [3.05, 3.63) is 82.9 Å². The van der Waals surface area contributed by atoms with Gasteiger partial charge in [0, 0.05) is 6.54 Å². The zero-order chi connectivity index (χ0) is 25.6. The minimum absolute atomic E-state index is 0.0425. The molecule has 0 spiro atoms. The number of carbonyl (C=O) groups is 2. The number of halogens is 5. The number of rotatable bonds is 9. The molecule has 0 atom stereocenters. The lowest BCUT2D eigenvalue weighted by atomic mass is 10.2. The summed E-state index contributed by atoms with van der Waals surface area (Å²) in [6, 6.07) is 8.13. The number of hydrogen-bond donors (Lipinski definition) is 2. The number of hydrogen-bond acceptors (Lipinski definition) is 5. The molecule has 3 aromatic rings. The Labute approximate surface area is 206 Å². The molecular formula is C22H18ClF4N5O2S. The first-order chi connectivity index (χ1) is 16.6. The summed E-state index contributed by atoms with van der Waals surface area (Å²) < 4.78 is 54.2. The lowest BCUT2D eigenvalue weighted by molar-refractivity contribution is -0.137. The highest BCUT2D eigenvalue weighted by atomic mass is 35.5. The Morgan fingerprint density at radius 1 is 1.17 bits per heavy atom. The van der Waals surface area contributed by atoms with Gasteiger partial charge in [-0.2, -0.15) is 13.2 Å². The zero-order valence-electron chi connectivity index (χ0n) is 17.9. The molecule has 7 nitrogen and oxygen atoms in total. The maximum absolute atomic E-state index is 13.8. The van der Waals surface area contributed by atoms with Gasteiger partial charge in [-0.25, -0.2) is 4.39 Å². The fraction of sp³-hybridized carbons (Fsp3) is 0.182. The second-order valence-corrected chi connectivity index (χ2v) is 8.34. The Hall–Kier alpha value is -3.38. The summed E-state index contributed by atoms with van der Waals surface area (Å²) in [5.41, 5.74) is -1.24. The molecule has 0 aliphatic carbocycles. The highest BCUT2D eigenvalue weighted by Crippen LogP contribution is 2.34. The summed E-state index contributed by atoms with van der Waals surface area (Å²) in [5, 5.41) is 13.2. The van der Waals surface area contributed by atoms with Crippen molar-refractivity contribution in [2.75, 3.05) is 11.1 Å². The summed E-state index contributed by atoms with van der Waals surface area (Å²) in [7, 11) is 0. The van der Waals surface area contributed by atoms with Gasteiger partial charge in [-0.05, 0) is 30.3 Å². The molecule has 2 N–H and O–H groups in total. The van der Waals surface area contributed by atoms with Crippen LogP contribution >= 0.6 is 23.4 Å². The average molecular weight is 528 g/mol. The van der Waals surface area contributed by atoms with E-state index in [-0.39, 0.29) is 35.1 Å². The fourth-order valence-electron chi connectivity index (χ4n) is 2.88. The van der Waals surface area contributed by atoms with Gasteiger partial charge in [0.1, 0.15) is 5.82 Å². The van der Waals surface area contributed by atoms with E-state index in [2.05, 4.69) is 27.4 Å². The van der Waals surface area contributed by atoms with E-state index < -0.39 is 29.4 Å². The van der Waals surface area contributed by atoms with E-state index in [1.54, 1.807) is 10.6 Å². The van der Waals surface area contributed by atoms with Crippen molar-refractivity contribution in [3.8, 4) is 0 Å². The molecule has 0 saturated carbocycles. The van der Waals surface area contributed by atoms with Crippen LogP contribution in [0.5, 0.6) is 0 Å². The average Bonchev–Trinajstić information content (AvgIpc) is 3.19. The van der Waals surface area contributed by atoms with Crippen molar-refractivity contribution in [2.24, 2.45) is 0 Å². The first-order valence-corrected chi connectivity index (χ1v) is 11.3. The van der Waals surface area contributed by atoms with Crippen LogP contribution in [0.3, 0.4) is 0 Å². The predicted octanol–water partition coefficient (Wildman–Crippen LogP) is 4.94. The quantitative estimate of drug-likeness (QED) is 0.234. The Kier molecular flexibility index (Phi) is 8.52. The van der Waals surface area contributed by atoms with E-state index in [4.69, 9.17) is 11.6 Å². The van der Waals surface area contributed by atoms with Crippen molar-refractivity contribution in [3.63, 3.8) is 0 Å². The van der Waals surface area contributed by atoms with Gasteiger partial charge in [0.15, 0.2) is 11.0 Å². The number of nitrogens with one attached hydrogen (secondary N) is 2. The molecule has 0 aliphatic heterocycles. The molecule has 3 rings (SSSR count). The number of nitrogens with zero attached hydrogens (tertiary/aromatic N) is 3. The lowest BCUT2D eigenvalue weighted by Gasteiger charge is -2.12. The largest absolute Gasteiger partial charge is 0.416 e. The molecule has 0 radical (unpaired) electrons. The van der Waals surface area contributed by atoms with Gasteiger partial charge in [0.2, 0.25) is 5.91 Å². The van der Waals surface area contributed by atoms with Crippen LogP contribution in [0, 0.1) is 5.82 Å². The minimum atomic E-state index is -4.59. The van der Waals surface area contributed by atoms with Crippen molar-refractivity contribution in [1.82, 2.24) is 20.1 Å². The number of carbonyl (C=O) groups excluding carboxylic acids is 2. The van der Waals surface area contributed by atoms with Crippen LogP contribution in [-0.2, 0) is 24.1 Å². The monoisotopic (exact) mass is 527 g/mol. The van der Waals surface area contributed by atoms with Gasteiger partial charge >= 0.3 is 6.18 Å². The van der Waals surface area contributed by atoms with E-state index in [1.165, 1.54) is 24.3 Å². The zero-order valence-corrected chi connectivity index (χ0v) is 19.5. The van der Waals surface area contributed by atoms with Crippen LogP contribution in [0.25, 0.3) is 0 Å². The van der Waals surface area contributed by atoms with Crippen molar-refractivity contribution >= 4 is 40.9 Å². The third kappa shape index (κ3) is 6.83. The normalized spacial score (nSPS) is 11.2. The smallest absolute Gasteiger partial charge is 0.345 e. The number of amides is 2. The molecule has 1 heterocycles. The van der Waals surface area contributed by atoms with Crippen molar-refractivity contribution in [1.29, 1.82) is 0 Å². The van der Waals surface area contributed by atoms with Crippen LogP contribution in [0.15, 0.2) is 60.3 Å². The first kappa shape index (κ1) is 26.2. The third-order valence-corrected chi connectivity index (χ3v) is 5.83. The molecule has 0 aliphatic rings. The standard InChI is InChI=1S/C22H18ClF4N5O2S/c1-2-9-32-18(11-28-20(34)14-5-3-4-6-16(14)24)30-31-21(32)35-12-19(33)29-17-10-13(22(25,26)27)7-8-15(17)23/h2-8,10H,1,9,11-12H2,(H,28,34)(H,29,33). The molecule has 184 valence electrons. The Morgan fingerprint density at radius 2 is 1.91 bits per heavy atom. The summed E-state index contributed by atoms with van der Waals surface area (Å²) >= 11 is 6.88. The van der Waals surface area contributed by atoms with Gasteiger partial charge in [0.25, 0.3) is 5.91 Å². The molecule has 35 heavy (non-hydrogen) atoms. The summed E-state index contributed by atoms with van der Waals surface area (Å²) in [6.45, 7) is 3.84. The highest BCUT2D eigenvalue weighted by Gasteiger charge is 2.31. The van der Waals surface area contributed by atoms with E-state index >= 15 is 0 Å². The van der Waals surface area contributed by atoms with Crippen LogP contribution < -0.4 is 10.6 Å². The number of anilines is 1. The molecule has 2 aromatic carbocycles. The van der Waals surface area contributed by atoms with Crippen LogP contribution in [0.1, 0.15) is 21.7 Å². The third-order valence-electron chi connectivity index (χ3n) is 4.53. The predicted molar refractivity (Wildman–Crippen MR) is 124 cm³/mol.